The van der Waals surface area contributed by atoms with Gasteiger partial charge in [-0.1, -0.05) is 35.0 Å². The first-order chi connectivity index (χ1) is 6.31. The molecule has 2 aromatic rings. The Kier molecular flexibility index (Phi) is 1.94. The molecule has 4 heteroatoms. The van der Waals surface area contributed by atoms with Crippen molar-refractivity contribution in [3.8, 4) is 0 Å². The second kappa shape index (κ2) is 3.11. The quantitative estimate of drug-likeness (QED) is 0.432. The van der Waals surface area contributed by atoms with Crippen molar-refractivity contribution in [1.82, 2.24) is 0 Å². The van der Waals surface area contributed by atoms with Crippen molar-refractivity contribution >= 4 is 27.7 Å². The van der Waals surface area contributed by atoms with Gasteiger partial charge in [0.15, 0.2) is 5.76 Å². The van der Waals surface area contributed by atoms with Crippen molar-refractivity contribution in [2.45, 2.75) is 0 Å². The first kappa shape index (κ1) is 8.13. The van der Waals surface area contributed by atoms with E-state index in [1.807, 2.05) is 24.3 Å². The molecular weight excluding hydrogens is 190 g/mol. The first-order valence-electron chi connectivity index (χ1n) is 3.68. The highest BCUT2D eigenvalue weighted by molar-refractivity contribution is 6.69. The van der Waals surface area contributed by atoms with E-state index in [4.69, 9.17) is 21.2 Å². The van der Waals surface area contributed by atoms with Crippen LogP contribution < -0.4 is 0 Å². The van der Waals surface area contributed by atoms with E-state index < -0.39 is 0 Å². The summed E-state index contributed by atoms with van der Waals surface area (Å²) in [6.45, 7) is 0. The number of nitrogens with zero attached hydrogens (tertiary/aromatic N) is 1. The zero-order valence-electron chi connectivity index (χ0n) is 6.57. The number of para-hydroxylation sites is 1. The van der Waals surface area contributed by atoms with Gasteiger partial charge in [-0.25, -0.2) is 0 Å². The molecule has 0 atom stereocenters. The third-order valence-corrected chi connectivity index (χ3v) is 1.98. The summed E-state index contributed by atoms with van der Waals surface area (Å²) in [5.74, 6) is 0.366. The van der Waals surface area contributed by atoms with E-state index >= 15 is 0 Å². The molecule has 1 heterocycles. The highest BCUT2D eigenvalue weighted by atomic mass is 35.5. The molecule has 0 fully saturated rings. The smallest absolute Gasteiger partial charge is 0.210 e. The zero-order chi connectivity index (χ0) is 9.26. The fraction of sp³-hybridized carbons (Fsp3) is 0. The lowest BCUT2D eigenvalue weighted by Crippen LogP contribution is -1.85. The monoisotopic (exact) mass is 195 g/mol. The largest absolute Gasteiger partial charge is 0.453 e. The fourth-order valence-corrected chi connectivity index (χ4v) is 1.23. The van der Waals surface area contributed by atoms with Crippen LogP contribution in [-0.2, 0) is 0 Å². The van der Waals surface area contributed by atoms with Crippen LogP contribution in [0, 0.1) is 0 Å². The summed E-state index contributed by atoms with van der Waals surface area (Å²) in [5.41, 5.74) is 0.722. The summed E-state index contributed by atoms with van der Waals surface area (Å²) in [5, 5.41) is 12.1. The van der Waals surface area contributed by atoms with Gasteiger partial charge in [-0.3, -0.25) is 0 Å². The lowest BCUT2D eigenvalue weighted by atomic mass is 10.2. The minimum absolute atomic E-state index is 0.0452. The maximum atomic E-state index is 8.41. The molecule has 0 spiro atoms. The van der Waals surface area contributed by atoms with Crippen LogP contribution in [0.2, 0.25) is 0 Å². The van der Waals surface area contributed by atoms with Gasteiger partial charge in [-0.15, -0.1) is 0 Å². The van der Waals surface area contributed by atoms with Crippen molar-refractivity contribution in [2.75, 3.05) is 0 Å². The molecule has 0 saturated carbocycles. The second-order valence-electron chi connectivity index (χ2n) is 2.54. The number of halogens is 1. The normalized spacial score (nSPS) is 12.2. The number of hydrogen-bond acceptors (Lipinski definition) is 3. The van der Waals surface area contributed by atoms with Crippen molar-refractivity contribution in [1.29, 1.82) is 0 Å². The Labute approximate surface area is 79.2 Å². The maximum absolute atomic E-state index is 8.41. The van der Waals surface area contributed by atoms with Gasteiger partial charge in [0, 0.05) is 5.39 Å². The molecule has 0 aliphatic rings. The molecule has 0 aliphatic carbocycles. The van der Waals surface area contributed by atoms with Crippen LogP contribution in [0.1, 0.15) is 5.76 Å². The number of rotatable bonds is 1. The molecule has 0 amide bonds. The zero-order valence-corrected chi connectivity index (χ0v) is 7.32. The van der Waals surface area contributed by atoms with Crippen LogP contribution in [0.25, 0.3) is 11.0 Å². The van der Waals surface area contributed by atoms with Gasteiger partial charge in [-0.2, -0.15) is 0 Å². The van der Waals surface area contributed by atoms with Crippen LogP contribution in [0.15, 0.2) is 39.9 Å². The Morgan fingerprint density at radius 3 is 2.85 bits per heavy atom. The molecular formula is C9H6ClNO2. The van der Waals surface area contributed by atoms with Crippen molar-refractivity contribution in [3.63, 3.8) is 0 Å². The summed E-state index contributed by atoms with van der Waals surface area (Å²) in [6.07, 6.45) is 0. The Morgan fingerprint density at radius 2 is 2.15 bits per heavy atom. The number of benzene rings is 1. The van der Waals surface area contributed by atoms with Gasteiger partial charge >= 0.3 is 0 Å². The Hall–Kier alpha value is -1.48. The molecule has 0 radical (unpaired) electrons. The van der Waals surface area contributed by atoms with E-state index in [0.717, 1.165) is 11.0 Å². The van der Waals surface area contributed by atoms with Crippen LogP contribution in [0.4, 0.5) is 0 Å². The van der Waals surface area contributed by atoms with Gasteiger partial charge in [0.05, 0.1) is 0 Å². The highest BCUT2D eigenvalue weighted by Gasteiger charge is 2.07. The Morgan fingerprint density at radius 1 is 1.38 bits per heavy atom. The summed E-state index contributed by atoms with van der Waals surface area (Å²) in [4.78, 5) is 0. The molecule has 1 aromatic carbocycles. The third kappa shape index (κ3) is 1.38. The molecule has 2 rings (SSSR count). The van der Waals surface area contributed by atoms with Gasteiger partial charge in [-0.05, 0) is 12.1 Å². The number of hydrogen-bond donors (Lipinski definition) is 1. The van der Waals surface area contributed by atoms with Crippen molar-refractivity contribution in [3.05, 3.63) is 36.1 Å². The van der Waals surface area contributed by atoms with Crippen molar-refractivity contribution < 1.29 is 9.62 Å². The van der Waals surface area contributed by atoms with Crippen LogP contribution >= 0.6 is 11.6 Å². The average molecular weight is 196 g/mol. The lowest BCUT2D eigenvalue weighted by molar-refractivity contribution is 0.320. The standard InChI is InChI=1S/C9H6ClNO2/c10-9(11-12)8-5-6-3-1-2-4-7(6)13-8/h1-5,12H/b11-9-. The molecule has 1 aromatic heterocycles. The van der Waals surface area contributed by atoms with Crippen molar-refractivity contribution in [2.24, 2.45) is 5.16 Å². The van der Waals surface area contributed by atoms with Gasteiger partial charge in [0.25, 0.3) is 0 Å². The van der Waals surface area contributed by atoms with Crippen LogP contribution in [0.5, 0.6) is 0 Å². The predicted octanol–water partition coefficient (Wildman–Crippen LogP) is 2.81. The lowest BCUT2D eigenvalue weighted by Gasteiger charge is -1.85. The minimum atomic E-state index is -0.0452. The van der Waals surface area contributed by atoms with Gasteiger partial charge < -0.3 is 9.62 Å². The fourth-order valence-electron chi connectivity index (χ4n) is 1.13. The minimum Gasteiger partial charge on any atom is -0.453 e. The predicted molar refractivity (Wildman–Crippen MR) is 50.4 cm³/mol. The highest BCUT2D eigenvalue weighted by Crippen LogP contribution is 2.20. The van der Waals surface area contributed by atoms with E-state index in [1.165, 1.54) is 0 Å². The molecule has 0 aliphatic heterocycles. The first-order valence-corrected chi connectivity index (χ1v) is 4.05. The molecule has 3 nitrogen and oxygen atoms in total. The van der Waals surface area contributed by atoms with E-state index in [1.54, 1.807) is 6.07 Å². The van der Waals surface area contributed by atoms with Crippen LogP contribution in [0.3, 0.4) is 0 Å². The molecule has 0 saturated heterocycles. The summed E-state index contributed by atoms with van der Waals surface area (Å²) in [7, 11) is 0. The summed E-state index contributed by atoms with van der Waals surface area (Å²) >= 11 is 5.57. The number of oxime groups is 1. The molecule has 0 bridgehead atoms. The third-order valence-electron chi connectivity index (χ3n) is 1.72. The summed E-state index contributed by atoms with van der Waals surface area (Å²) in [6, 6.07) is 9.19. The average Bonchev–Trinajstić information content (AvgIpc) is 2.59. The SMILES string of the molecule is O/N=C(\Cl)c1cc2ccccc2o1. The van der Waals surface area contributed by atoms with E-state index in [-0.39, 0.29) is 5.17 Å². The van der Waals surface area contributed by atoms with Crippen LogP contribution in [-0.4, -0.2) is 10.4 Å². The Bertz CT molecular complexity index is 428. The second-order valence-corrected chi connectivity index (χ2v) is 2.90. The number of fused-ring (bicyclic) bond motifs is 1. The van der Waals surface area contributed by atoms with E-state index in [9.17, 15) is 0 Å². The Balaban J connectivity index is 2.62. The van der Waals surface area contributed by atoms with E-state index in [2.05, 4.69) is 5.16 Å². The summed E-state index contributed by atoms with van der Waals surface area (Å²) < 4.78 is 5.30. The molecule has 13 heavy (non-hydrogen) atoms. The molecule has 0 unspecified atom stereocenters. The molecule has 66 valence electrons. The van der Waals surface area contributed by atoms with Gasteiger partial charge in [0.1, 0.15) is 5.58 Å². The van der Waals surface area contributed by atoms with E-state index in [0.29, 0.717) is 5.76 Å². The van der Waals surface area contributed by atoms with Gasteiger partial charge in [0.2, 0.25) is 5.17 Å². The topological polar surface area (TPSA) is 45.7 Å². The number of furan rings is 1. The molecule has 1 N–H and O–H groups in total. The maximum Gasteiger partial charge on any atom is 0.210 e.